The number of nitrogens with zero attached hydrogens (tertiary/aromatic N) is 5. The van der Waals surface area contributed by atoms with Gasteiger partial charge in [-0.05, 0) is 92.6 Å². The molecule has 12 heteroatoms. The number of aromatic nitrogens is 2. The summed E-state index contributed by atoms with van der Waals surface area (Å²) in [4.78, 5) is 51.9. The van der Waals surface area contributed by atoms with E-state index in [0.29, 0.717) is 25.8 Å². The largest absolute Gasteiger partial charge is 0.464 e. The van der Waals surface area contributed by atoms with Gasteiger partial charge in [0.05, 0.1) is 35.9 Å². The lowest BCUT2D eigenvalue weighted by molar-refractivity contribution is -0.155. The third-order valence-electron chi connectivity index (χ3n) is 12.6. The van der Waals surface area contributed by atoms with Gasteiger partial charge in [-0.2, -0.15) is 0 Å². The second kappa shape index (κ2) is 18.1. The summed E-state index contributed by atoms with van der Waals surface area (Å²) in [5.74, 6) is -0.687. The Bertz CT molecular complexity index is 2200. The van der Waals surface area contributed by atoms with E-state index in [4.69, 9.17) is 9.72 Å². The zero-order valence-corrected chi connectivity index (χ0v) is 37.2. The van der Waals surface area contributed by atoms with E-state index in [-0.39, 0.29) is 42.6 Å². The van der Waals surface area contributed by atoms with Gasteiger partial charge in [0.15, 0.2) is 0 Å². The summed E-state index contributed by atoms with van der Waals surface area (Å²) in [5.41, 5.74) is 12.7. The van der Waals surface area contributed by atoms with Crippen molar-refractivity contribution in [1.82, 2.24) is 35.5 Å². The molecule has 5 heterocycles. The minimum absolute atomic E-state index is 0.0150. The van der Waals surface area contributed by atoms with Crippen LogP contribution in [0.2, 0.25) is 0 Å². The summed E-state index contributed by atoms with van der Waals surface area (Å²) >= 11 is 0. The fourth-order valence-corrected chi connectivity index (χ4v) is 9.31. The fraction of sp³-hybridized carbons (Fsp3) is 0.542. The van der Waals surface area contributed by atoms with Crippen LogP contribution in [-0.4, -0.2) is 109 Å². The monoisotopic (exact) mass is 819 g/mol. The molecule has 7 rings (SSSR count). The van der Waals surface area contributed by atoms with Crippen LogP contribution in [0, 0.1) is 11.3 Å². The van der Waals surface area contributed by atoms with E-state index < -0.39 is 23.5 Å². The molecule has 0 spiro atoms. The molecule has 3 N–H and O–H groups in total. The molecular weight excluding hydrogens is 753 g/mol. The molecule has 60 heavy (non-hydrogen) atoms. The Morgan fingerprint density at radius 1 is 1.00 bits per heavy atom. The first-order chi connectivity index (χ1) is 28.7. The van der Waals surface area contributed by atoms with E-state index in [1.807, 2.05) is 26.0 Å². The number of amides is 2. The van der Waals surface area contributed by atoms with Crippen molar-refractivity contribution >= 4 is 34.4 Å². The standard InChI is InChI=1S/C48H66N8O4/c1-10-55-41-17-16-34-25-36(41)38(44(55)37-26-35(28-50-42(37)30(2)3)54-21-19-53(9)20-22-54)27-48(6,7)29-60-47(59)39-15-12-18-56(52-39)46(58)40(24-32-13-11-14-33(34)23-32)51-45(57)43(49-8)31(4)5/h11,13-14,16-17,23,25-26,28,30-31,39-40,43,49,52H,10,12,15,18-22,24,27,29H2,1-9H3,(H,51,57)/t39-,40-,43-/m0/s1. The van der Waals surface area contributed by atoms with Crippen molar-refractivity contribution in [1.29, 1.82) is 0 Å². The number of ether oxygens (including phenoxy) is 1. The second-order valence-electron chi connectivity index (χ2n) is 18.6. The summed E-state index contributed by atoms with van der Waals surface area (Å²) in [7, 11) is 3.94. The van der Waals surface area contributed by atoms with Gasteiger partial charge in [-0.25, -0.2) is 5.43 Å². The van der Waals surface area contributed by atoms with Gasteiger partial charge in [0.2, 0.25) is 5.91 Å². The van der Waals surface area contributed by atoms with Gasteiger partial charge in [0.25, 0.3) is 5.91 Å². The van der Waals surface area contributed by atoms with Crippen LogP contribution in [0.5, 0.6) is 0 Å². The van der Waals surface area contributed by atoms with Crippen molar-refractivity contribution in [2.45, 2.75) is 105 Å². The lowest BCUT2D eigenvalue weighted by Gasteiger charge is -2.36. The van der Waals surface area contributed by atoms with Gasteiger partial charge in [-0.15, -0.1) is 0 Å². The fourth-order valence-electron chi connectivity index (χ4n) is 9.31. The molecule has 322 valence electrons. The van der Waals surface area contributed by atoms with Crippen LogP contribution < -0.4 is 21.0 Å². The maximum Gasteiger partial charge on any atom is 0.324 e. The molecule has 0 saturated carbocycles. The molecular formula is C48H66N8O4. The molecule has 2 aromatic carbocycles. The highest BCUT2D eigenvalue weighted by Crippen LogP contribution is 2.43. The number of hydrazine groups is 1. The van der Waals surface area contributed by atoms with E-state index >= 15 is 0 Å². The summed E-state index contributed by atoms with van der Waals surface area (Å²) < 4.78 is 8.62. The normalized spacial score (nSPS) is 21.0. The Labute approximate surface area is 356 Å². The van der Waals surface area contributed by atoms with Crippen LogP contribution in [0.3, 0.4) is 0 Å². The van der Waals surface area contributed by atoms with Crippen molar-refractivity contribution < 1.29 is 19.1 Å². The first-order valence-electron chi connectivity index (χ1n) is 22.1. The molecule has 3 atom stereocenters. The SMILES string of the molecule is CCn1c(-c2cc(N3CCN(C)CC3)cnc2C(C)C)c2c3cc(ccc31)-c1cccc(c1)C[C@H](NC(=O)[C@@H](NC)C(C)C)C(=O)N1CCC[C@H](N1)C(=O)OCC(C)(C)C2. The zero-order valence-electron chi connectivity index (χ0n) is 37.2. The highest BCUT2D eigenvalue weighted by atomic mass is 16.5. The van der Waals surface area contributed by atoms with Gasteiger partial charge in [-0.3, -0.25) is 24.4 Å². The van der Waals surface area contributed by atoms with E-state index in [2.05, 4.69) is 115 Å². The quantitative estimate of drug-likeness (QED) is 0.180. The number of pyridine rings is 1. The lowest BCUT2D eigenvalue weighted by Crippen LogP contribution is -2.61. The van der Waals surface area contributed by atoms with Crippen LogP contribution in [0.4, 0.5) is 5.69 Å². The van der Waals surface area contributed by atoms with Crippen LogP contribution in [0.1, 0.15) is 84.0 Å². The van der Waals surface area contributed by atoms with E-state index in [0.717, 1.165) is 77.3 Å². The molecule has 0 aliphatic carbocycles. The molecule has 2 amide bonds. The van der Waals surface area contributed by atoms with Crippen LogP contribution in [0.25, 0.3) is 33.3 Å². The highest BCUT2D eigenvalue weighted by Gasteiger charge is 2.36. The Morgan fingerprint density at radius 3 is 2.45 bits per heavy atom. The number of hydrogen-bond acceptors (Lipinski definition) is 9. The highest BCUT2D eigenvalue weighted by molar-refractivity contribution is 5.96. The molecule has 3 aliphatic rings. The summed E-state index contributed by atoms with van der Waals surface area (Å²) in [6.45, 7) is 20.2. The third kappa shape index (κ3) is 9.11. The van der Waals surface area contributed by atoms with Gasteiger partial charge in [-0.1, -0.05) is 71.9 Å². The number of aryl methyl sites for hydroxylation is 1. The number of nitrogens with one attached hydrogen (secondary N) is 3. The molecule has 2 aromatic heterocycles. The van der Waals surface area contributed by atoms with Crippen LogP contribution >= 0.6 is 0 Å². The molecule has 12 nitrogen and oxygen atoms in total. The average Bonchev–Trinajstić information content (AvgIpc) is 3.53. The molecule has 2 saturated heterocycles. The summed E-state index contributed by atoms with van der Waals surface area (Å²) in [5, 5.41) is 8.87. The van der Waals surface area contributed by atoms with Crippen molar-refractivity contribution in [2.75, 3.05) is 58.3 Å². The first kappa shape index (κ1) is 43.3. The first-order valence-corrected chi connectivity index (χ1v) is 22.1. The molecule has 2 fully saturated rings. The van der Waals surface area contributed by atoms with Gasteiger partial charge < -0.3 is 29.7 Å². The number of carbonyl (C=O) groups is 3. The Balaban J connectivity index is 1.39. The van der Waals surface area contributed by atoms with Gasteiger partial charge in [0.1, 0.15) is 12.1 Å². The number of benzene rings is 2. The van der Waals surface area contributed by atoms with Gasteiger partial charge >= 0.3 is 5.97 Å². The number of anilines is 1. The van der Waals surface area contributed by atoms with Gasteiger partial charge in [0, 0.05) is 67.6 Å². The zero-order chi connectivity index (χ0) is 42.9. The lowest BCUT2D eigenvalue weighted by atomic mass is 9.83. The number of rotatable bonds is 8. The number of fused-ring (bicyclic) bond motifs is 6. The van der Waals surface area contributed by atoms with Crippen molar-refractivity contribution in [2.24, 2.45) is 11.3 Å². The second-order valence-corrected chi connectivity index (χ2v) is 18.6. The Morgan fingerprint density at radius 2 is 1.75 bits per heavy atom. The van der Waals surface area contributed by atoms with Crippen molar-refractivity contribution in [3.63, 3.8) is 0 Å². The molecule has 6 bridgehead atoms. The van der Waals surface area contributed by atoms with E-state index in [1.165, 1.54) is 16.3 Å². The predicted molar refractivity (Wildman–Crippen MR) is 240 cm³/mol. The number of cyclic esters (lactones) is 1. The molecule has 3 aliphatic heterocycles. The number of likely N-dealkylation sites (N-methyl/N-ethyl adjacent to an activating group) is 2. The average molecular weight is 819 g/mol. The topological polar surface area (TPSA) is 124 Å². The van der Waals surface area contributed by atoms with E-state index in [9.17, 15) is 14.4 Å². The van der Waals surface area contributed by atoms with Crippen LogP contribution in [-0.2, 0) is 38.5 Å². The van der Waals surface area contributed by atoms with E-state index in [1.54, 1.807) is 7.05 Å². The third-order valence-corrected chi connectivity index (χ3v) is 12.6. The maximum absolute atomic E-state index is 14.3. The summed E-state index contributed by atoms with van der Waals surface area (Å²) in [6, 6.07) is 15.4. The predicted octanol–water partition coefficient (Wildman–Crippen LogP) is 6.16. The minimum Gasteiger partial charge on any atom is -0.464 e. The van der Waals surface area contributed by atoms with Crippen molar-refractivity contribution in [3.8, 4) is 22.4 Å². The Kier molecular flexibility index (Phi) is 13.0. The molecule has 0 unspecified atom stereocenters. The molecule has 4 aromatic rings. The minimum atomic E-state index is -0.858. The van der Waals surface area contributed by atoms with Crippen molar-refractivity contribution in [3.05, 3.63) is 71.5 Å². The summed E-state index contributed by atoms with van der Waals surface area (Å²) in [6.07, 6.45) is 4.17. The number of esters is 1. The Hall–Kier alpha value is -4.78. The number of carbonyl (C=O) groups excluding carboxylic acids is 3. The maximum atomic E-state index is 14.3. The number of piperazine rings is 1. The molecule has 0 radical (unpaired) electrons. The smallest absolute Gasteiger partial charge is 0.324 e. The van der Waals surface area contributed by atoms with Crippen LogP contribution in [0.15, 0.2) is 54.7 Å². The number of hydrogen-bond donors (Lipinski definition) is 3.